The highest BCUT2D eigenvalue weighted by atomic mass is 16.6. The maximum Gasteiger partial charge on any atom is 0.410 e. The van der Waals surface area contributed by atoms with Gasteiger partial charge in [-0.25, -0.2) is 19.8 Å². The summed E-state index contributed by atoms with van der Waals surface area (Å²) in [6, 6.07) is 6.62. The van der Waals surface area contributed by atoms with Crippen LogP contribution in [0.4, 0.5) is 16.3 Å². The van der Waals surface area contributed by atoms with Gasteiger partial charge < -0.3 is 19.9 Å². The first-order valence-corrected chi connectivity index (χ1v) is 14.3. The molecule has 1 N–H and O–H groups in total. The van der Waals surface area contributed by atoms with E-state index in [-0.39, 0.29) is 6.09 Å². The molecule has 0 spiro atoms. The van der Waals surface area contributed by atoms with E-state index < -0.39 is 5.60 Å². The molecule has 1 aliphatic heterocycles. The second-order valence-electron chi connectivity index (χ2n) is 11.9. The molecule has 2 aromatic heterocycles. The molecular formula is C30H41N7O2. The Bertz CT molecular complexity index is 1220. The Morgan fingerprint density at radius 3 is 2.44 bits per heavy atom. The highest BCUT2D eigenvalue weighted by molar-refractivity contribution is 6.07. The van der Waals surface area contributed by atoms with Crippen molar-refractivity contribution in [3.05, 3.63) is 47.9 Å². The average molecular weight is 532 g/mol. The number of piperazine rings is 1. The Kier molecular flexibility index (Phi) is 8.14. The molecule has 0 aromatic carbocycles. The van der Waals surface area contributed by atoms with Gasteiger partial charge in [-0.1, -0.05) is 12.8 Å². The number of hydrogen-bond donors (Lipinski definition) is 1. The quantitative estimate of drug-likeness (QED) is 0.389. The number of anilines is 1. The number of pyridine rings is 2. The zero-order chi connectivity index (χ0) is 27.4. The molecular weight excluding hydrogens is 490 g/mol. The monoisotopic (exact) mass is 531 g/mol. The van der Waals surface area contributed by atoms with Crippen LogP contribution in [-0.4, -0.2) is 75.4 Å². The van der Waals surface area contributed by atoms with E-state index >= 15 is 0 Å². The molecule has 0 radical (unpaired) electrons. The van der Waals surface area contributed by atoms with Gasteiger partial charge in [-0.2, -0.15) is 0 Å². The smallest absolute Gasteiger partial charge is 0.410 e. The molecule has 5 rings (SSSR count). The Balaban J connectivity index is 1.37. The molecule has 3 fully saturated rings. The van der Waals surface area contributed by atoms with Crippen LogP contribution in [0, 0.1) is 0 Å². The maximum absolute atomic E-state index is 12.5. The second kappa shape index (κ2) is 11.7. The van der Waals surface area contributed by atoms with Crippen molar-refractivity contribution in [2.75, 3.05) is 31.5 Å². The molecule has 1 saturated heterocycles. The first kappa shape index (κ1) is 27.1. The van der Waals surface area contributed by atoms with Gasteiger partial charge in [0.15, 0.2) is 5.84 Å². The lowest BCUT2D eigenvalue weighted by molar-refractivity contribution is 0.0187. The average Bonchev–Trinajstić information content (AvgIpc) is 3.64. The minimum Gasteiger partial charge on any atom is -0.444 e. The summed E-state index contributed by atoms with van der Waals surface area (Å²) in [5, 5.41) is 3.59. The standard InChI is InChI=1S/C30H41N7O2/c1-21(36-13-15-37(16-14-36)29(38)39-30(2,3)4)33-28(35-26-17-24(19-31-20-26)22-9-10-22)23-11-12-32-27(18-23)34-25-7-5-6-8-25/h11-12,17-20,22,25H,5-10,13-16H2,1-4H3,(H,32,34)/b33-21+,35-28-. The van der Waals surface area contributed by atoms with Gasteiger partial charge >= 0.3 is 6.09 Å². The predicted octanol–water partition coefficient (Wildman–Crippen LogP) is 5.76. The van der Waals surface area contributed by atoms with Crippen LogP contribution in [0.1, 0.15) is 83.3 Å². The van der Waals surface area contributed by atoms with Crippen LogP contribution >= 0.6 is 0 Å². The Hall–Kier alpha value is -3.49. The molecule has 1 amide bonds. The molecule has 3 aliphatic rings. The molecule has 9 nitrogen and oxygen atoms in total. The fourth-order valence-corrected chi connectivity index (χ4v) is 5.11. The summed E-state index contributed by atoms with van der Waals surface area (Å²) in [5.41, 5.74) is 2.46. The van der Waals surface area contributed by atoms with Crippen LogP contribution in [0.3, 0.4) is 0 Å². The Morgan fingerprint density at radius 2 is 1.74 bits per heavy atom. The molecule has 208 valence electrons. The van der Waals surface area contributed by atoms with Gasteiger partial charge in [0.25, 0.3) is 0 Å². The lowest BCUT2D eigenvalue weighted by Crippen LogP contribution is -2.51. The minimum atomic E-state index is -0.501. The Labute approximate surface area is 231 Å². The van der Waals surface area contributed by atoms with Crippen LogP contribution in [0.5, 0.6) is 0 Å². The summed E-state index contributed by atoms with van der Waals surface area (Å²) in [6.07, 6.45) is 12.6. The molecule has 2 aromatic rings. The molecule has 3 heterocycles. The van der Waals surface area contributed by atoms with E-state index in [9.17, 15) is 4.79 Å². The van der Waals surface area contributed by atoms with Gasteiger partial charge in [0.2, 0.25) is 0 Å². The van der Waals surface area contributed by atoms with Crippen LogP contribution < -0.4 is 5.32 Å². The SMILES string of the molecule is C/C(=N\C(=N/c1cncc(C2CC2)c1)c1ccnc(NC2CCCC2)c1)N1CCN(C(=O)OC(C)(C)C)CC1. The Morgan fingerprint density at radius 1 is 1.03 bits per heavy atom. The number of amidine groups is 2. The van der Waals surface area contributed by atoms with Gasteiger partial charge in [-0.3, -0.25) is 4.98 Å². The molecule has 39 heavy (non-hydrogen) atoms. The minimum absolute atomic E-state index is 0.263. The van der Waals surface area contributed by atoms with E-state index in [2.05, 4.69) is 26.3 Å². The van der Waals surface area contributed by atoms with Crippen LogP contribution in [0.15, 0.2) is 46.8 Å². The normalized spacial score (nSPS) is 19.4. The topological polar surface area (TPSA) is 95.3 Å². The summed E-state index contributed by atoms with van der Waals surface area (Å²) in [5.74, 6) is 2.96. The number of carbonyl (C=O) groups is 1. The van der Waals surface area contributed by atoms with Crippen molar-refractivity contribution in [2.24, 2.45) is 9.98 Å². The molecule has 9 heteroatoms. The maximum atomic E-state index is 12.5. The number of aliphatic imine (C=N–C) groups is 2. The number of carbonyl (C=O) groups excluding carboxylic acids is 1. The van der Waals surface area contributed by atoms with E-state index in [1.807, 2.05) is 52.2 Å². The highest BCUT2D eigenvalue weighted by Crippen LogP contribution is 2.40. The zero-order valence-corrected chi connectivity index (χ0v) is 23.7. The van der Waals surface area contributed by atoms with Crippen molar-refractivity contribution in [2.45, 2.75) is 83.8 Å². The van der Waals surface area contributed by atoms with Crippen LogP contribution in [0.25, 0.3) is 0 Å². The zero-order valence-electron chi connectivity index (χ0n) is 23.7. The van der Waals surface area contributed by atoms with E-state index in [1.165, 1.54) is 44.1 Å². The highest BCUT2D eigenvalue weighted by Gasteiger charge is 2.27. The number of nitrogens with zero attached hydrogens (tertiary/aromatic N) is 6. The van der Waals surface area contributed by atoms with Crippen LogP contribution in [-0.2, 0) is 4.74 Å². The van der Waals surface area contributed by atoms with Crippen molar-refractivity contribution < 1.29 is 9.53 Å². The van der Waals surface area contributed by atoms with Crippen molar-refractivity contribution in [3.8, 4) is 0 Å². The fraction of sp³-hybridized carbons (Fsp3) is 0.567. The van der Waals surface area contributed by atoms with E-state index in [1.54, 1.807) is 11.1 Å². The number of hydrogen-bond acceptors (Lipinski definition) is 6. The van der Waals surface area contributed by atoms with Gasteiger partial charge in [0.05, 0.1) is 11.9 Å². The van der Waals surface area contributed by atoms with Gasteiger partial charge in [-0.15, -0.1) is 0 Å². The molecule has 0 bridgehead atoms. The van der Waals surface area contributed by atoms with E-state index in [4.69, 9.17) is 14.7 Å². The molecule has 2 saturated carbocycles. The number of amides is 1. The molecule has 2 aliphatic carbocycles. The first-order valence-electron chi connectivity index (χ1n) is 14.3. The lowest BCUT2D eigenvalue weighted by atomic mass is 10.2. The third-order valence-electron chi connectivity index (χ3n) is 7.41. The van der Waals surface area contributed by atoms with E-state index in [0.717, 1.165) is 22.9 Å². The number of ether oxygens (including phenoxy) is 1. The summed E-state index contributed by atoms with van der Waals surface area (Å²) in [6.45, 7) is 10.2. The summed E-state index contributed by atoms with van der Waals surface area (Å²) in [7, 11) is 0. The van der Waals surface area contributed by atoms with E-state index in [0.29, 0.717) is 44.0 Å². The molecule has 0 unspecified atom stereocenters. The summed E-state index contributed by atoms with van der Waals surface area (Å²) >= 11 is 0. The van der Waals surface area contributed by atoms with Crippen molar-refractivity contribution >= 4 is 29.3 Å². The van der Waals surface area contributed by atoms with Crippen molar-refractivity contribution in [1.29, 1.82) is 0 Å². The third-order valence-corrected chi connectivity index (χ3v) is 7.41. The largest absolute Gasteiger partial charge is 0.444 e. The van der Waals surface area contributed by atoms with Crippen molar-refractivity contribution in [3.63, 3.8) is 0 Å². The van der Waals surface area contributed by atoms with Crippen molar-refractivity contribution in [1.82, 2.24) is 19.8 Å². The number of nitrogens with one attached hydrogen (secondary N) is 1. The van der Waals surface area contributed by atoms with Gasteiger partial charge in [0.1, 0.15) is 17.3 Å². The lowest BCUT2D eigenvalue weighted by Gasteiger charge is -2.36. The first-order chi connectivity index (χ1) is 18.7. The van der Waals surface area contributed by atoms with Gasteiger partial charge in [0, 0.05) is 50.2 Å². The predicted molar refractivity (Wildman–Crippen MR) is 155 cm³/mol. The van der Waals surface area contributed by atoms with Gasteiger partial charge in [-0.05, 0) is 83.1 Å². The molecule has 0 atom stereocenters. The number of rotatable bonds is 5. The van der Waals surface area contributed by atoms with Crippen LogP contribution in [0.2, 0.25) is 0 Å². The summed E-state index contributed by atoms with van der Waals surface area (Å²) < 4.78 is 5.55. The number of aromatic nitrogens is 2. The summed E-state index contributed by atoms with van der Waals surface area (Å²) in [4.78, 5) is 35.5. The fourth-order valence-electron chi connectivity index (χ4n) is 5.11. The second-order valence-corrected chi connectivity index (χ2v) is 11.9. The third kappa shape index (κ3) is 7.55.